The van der Waals surface area contributed by atoms with E-state index in [2.05, 4.69) is 0 Å². The molecule has 0 saturated carbocycles. The van der Waals surface area contributed by atoms with Gasteiger partial charge in [0.1, 0.15) is 5.82 Å². The lowest BCUT2D eigenvalue weighted by atomic mass is 10.0. The van der Waals surface area contributed by atoms with E-state index in [1.807, 2.05) is 0 Å². The Balaban J connectivity index is 2.18. The largest absolute Gasteiger partial charge is 0.399 e. The summed E-state index contributed by atoms with van der Waals surface area (Å²) in [7, 11) is 0. The molecule has 0 bridgehead atoms. The van der Waals surface area contributed by atoms with Crippen LogP contribution in [0.3, 0.4) is 0 Å². The molecule has 0 aliphatic heterocycles. The van der Waals surface area contributed by atoms with E-state index in [0.717, 1.165) is 0 Å². The molecule has 0 radical (unpaired) electrons. The summed E-state index contributed by atoms with van der Waals surface area (Å²) in [4.78, 5) is 12.0. The van der Waals surface area contributed by atoms with Crippen molar-refractivity contribution in [3.63, 3.8) is 0 Å². The first-order chi connectivity index (χ1) is 8.56. The molecule has 0 saturated heterocycles. The minimum absolute atomic E-state index is 0.0212. The topological polar surface area (TPSA) is 43.1 Å². The first kappa shape index (κ1) is 12.6. The van der Waals surface area contributed by atoms with Crippen molar-refractivity contribution < 1.29 is 9.18 Å². The van der Waals surface area contributed by atoms with Gasteiger partial charge in [0.2, 0.25) is 0 Å². The van der Waals surface area contributed by atoms with Gasteiger partial charge < -0.3 is 5.73 Å². The molecule has 0 fully saturated rings. The monoisotopic (exact) mass is 263 g/mol. The number of Topliss-reactive ketones (excluding diaryl/α,β-unsaturated/α-hetero) is 1. The van der Waals surface area contributed by atoms with Gasteiger partial charge in [-0.1, -0.05) is 29.8 Å². The second kappa shape index (κ2) is 5.19. The number of nitrogen functional groups attached to an aromatic ring is 1. The molecule has 18 heavy (non-hydrogen) atoms. The van der Waals surface area contributed by atoms with E-state index in [9.17, 15) is 9.18 Å². The lowest BCUT2D eigenvalue weighted by Gasteiger charge is -2.03. The third-order valence-electron chi connectivity index (χ3n) is 2.56. The van der Waals surface area contributed by atoms with Crippen LogP contribution in [0.25, 0.3) is 0 Å². The second-order valence-corrected chi connectivity index (χ2v) is 4.38. The smallest absolute Gasteiger partial charge is 0.167 e. The lowest BCUT2D eigenvalue weighted by Crippen LogP contribution is -2.04. The number of rotatable bonds is 3. The molecule has 0 aromatic heterocycles. The van der Waals surface area contributed by atoms with Crippen molar-refractivity contribution in [1.82, 2.24) is 0 Å². The molecule has 0 atom stereocenters. The van der Waals surface area contributed by atoms with E-state index >= 15 is 0 Å². The van der Waals surface area contributed by atoms with Crippen molar-refractivity contribution in [2.45, 2.75) is 6.42 Å². The summed E-state index contributed by atoms with van der Waals surface area (Å²) < 4.78 is 13.0. The van der Waals surface area contributed by atoms with Gasteiger partial charge in [0.25, 0.3) is 0 Å². The highest BCUT2D eigenvalue weighted by Gasteiger charge is 2.09. The van der Waals surface area contributed by atoms with Crippen LogP contribution in [0.4, 0.5) is 10.1 Å². The molecular formula is C14H11ClFNO. The van der Waals surface area contributed by atoms with Gasteiger partial charge in [-0.25, -0.2) is 4.39 Å². The van der Waals surface area contributed by atoms with Crippen LogP contribution in [0.5, 0.6) is 0 Å². The molecule has 0 unspecified atom stereocenters. The fourth-order valence-corrected chi connectivity index (χ4v) is 1.85. The molecule has 0 amide bonds. The Morgan fingerprint density at radius 1 is 1.22 bits per heavy atom. The summed E-state index contributed by atoms with van der Waals surface area (Å²) in [6.45, 7) is 0. The summed E-state index contributed by atoms with van der Waals surface area (Å²) in [6, 6.07) is 11.0. The molecule has 0 aliphatic carbocycles. The number of hydrogen-bond donors (Lipinski definition) is 1. The van der Waals surface area contributed by atoms with Gasteiger partial charge in [0.05, 0.1) is 5.02 Å². The molecule has 2 N–H and O–H groups in total. The van der Waals surface area contributed by atoms with Gasteiger partial charge in [-0.15, -0.1) is 0 Å². The Kier molecular flexibility index (Phi) is 3.63. The Bertz CT molecular complexity index is 598. The maximum atomic E-state index is 13.0. The number of benzene rings is 2. The summed E-state index contributed by atoms with van der Waals surface area (Å²) >= 11 is 5.66. The summed E-state index contributed by atoms with van der Waals surface area (Å²) in [6.07, 6.45) is 0.170. The highest BCUT2D eigenvalue weighted by atomic mass is 35.5. The molecule has 2 aromatic rings. The summed E-state index contributed by atoms with van der Waals surface area (Å²) in [5.74, 6) is -0.568. The lowest BCUT2D eigenvalue weighted by molar-refractivity contribution is 0.0993. The van der Waals surface area contributed by atoms with Crippen LogP contribution in [0.2, 0.25) is 5.02 Å². The highest BCUT2D eigenvalue weighted by molar-refractivity contribution is 6.30. The average molecular weight is 264 g/mol. The number of halogens is 2. The zero-order chi connectivity index (χ0) is 13.1. The third-order valence-corrected chi connectivity index (χ3v) is 2.85. The molecule has 0 aliphatic rings. The fraction of sp³-hybridized carbons (Fsp3) is 0.0714. The van der Waals surface area contributed by atoms with E-state index in [4.69, 9.17) is 17.3 Å². The molecule has 2 rings (SSSR count). The fourth-order valence-electron chi connectivity index (χ4n) is 1.65. The van der Waals surface area contributed by atoms with Gasteiger partial charge >= 0.3 is 0 Å². The van der Waals surface area contributed by atoms with Crippen LogP contribution in [0.1, 0.15) is 15.9 Å². The molecule has 0 heterocycles. The normalized spacial score (nSPS) is 10.3. The number of anilines is 1. The number of carbonyl (C=O) groups is 1. The Morgan fingerprint density at radius 3 is 2.67 bits per heavy atom. The third kappa shape index (κ3) is 2.87. The summed E-state index contributed by atoms with van der Waals surface area (Å²) in [5, 5.41) is 0.0212. The van der Waals surface area contributed by atoms with E-state index < -0.39 is 5.82 Å². The van der Waals surface area contributed by atoms with Crippen molar-refractivity contribution in [3.05, 3.63) is 64.4 Å². The predicted octanol–water partition coefficient (Wildman–Crippen LogP) is 3.49. The van der Waals surface area contributed by atoms with Crippen molar-refractivity contribution >= 4 is 23.1 Å². The van der Waals surface area contributed by atoms with Crippen molar-refractivity contribution in [2.24, 2.45) is 0 Å². The highest BCUT2D eigenvalue weighted by Crippen LogP contribution is 2.18. The number of nitrogens with two attached hydrogens (primary N) is 1. The molecular weight excluding hydrogens is 253 g/mol. The molecule has 4 heteroatoms. The van der Waals surface area contributed by atoms with E-state index in [1.54, 1.807) is 30.3 Å². The molecule has 0 spiro atoms. The van der Waals surface area contributed by atoms with Crippen LogP contribution in [-0.2, 0) is 6.42 Å². The maximum absolute atomic E-state index is 13.0. The van der Waals surface area contributed by atoms with Crippen molar-refractivity contribution in [3.8, 4) is 0 Å². The molecule has 2 nitrogen and oxygen atoms in total. The van der Waals surface area contributed by atoms with Gasteiger partial charge in [-0.3, -0.25) is 4.79 Å². The minimum atomic E-state index is -0.489. The Hall–Kier alpha value is -1.87. The minimum Gasteiger partial charge on any atom is -0.399 e. The van der Waals surface area contributed by atoms with Crippen LogP contribution in [0.15, 0.2) is 42.5 Å². The zero-order valence-electron chi connectivity index (χ0n) is 9.49. The van der Waals surface area contributed by atoms with Crippen molar-refractivity contribution in [2.75, 3.05) is 5.73 Å². The quantitative estimate of drug-likeness (QED) is 0.680. The van der Waals surface area contributed by atoms with E-state index in [1.165, 1.54) is 12.1 Å². The van der Waals surface area contributed by atoms with E-state index in [-0.39, 0.29) is 17.2 Å². The first-order valence-electron chi connectivity index (χ1n) is 5.39. The van der Waals surface area contributed by atoms with Crippen molar-refractivity contribution in [1.29, 1.82) is 0 Å². The van der Waals surface area contributed by atoms with Crippen LogP contribution in [0, 0.1) is 5.82 Å². The van der Waals surface area contributed by atoms with Gasteiger partial charge in [0, 0.05) is 17.7 Å². The Labute approximate surface area is 109 Å². The van der Waals surface area contributed by atoms with E-state index in [0.29, 0.717) is 16.8 Å². The average Bonchev–Trinajstić information content (AvgIpc) is 2.34. The Morgan fingerprint density at radius 2 is 2.00 bits per heavy atom. The predicted molar refractivity (Wildman–Crippen MR) is 70.3 cm³/mol. The molecule has 2 aromatic carbocycles. The number of ketones is 1. The van der Waals surface area contributed by atoms with Gasteiger partial charge in [-0.05, 0) is 29.8 Å². The summed E-state index contributed by atoms with van der Waals surface area (Å²) in [5.41, 5.74) is 7.36. The first-order valence-corrected chi connectivity index (χ1v) is 5.77. The SMILES string of the molecule is Nc1cccc(C(=O)Cc2ccc(F)c(Cl)c2)c1. The van der Waals surface area contributed by atoms with Crippen LogP contribution < -0.4 is 5.73 Å². The standard InChI is InChI=1S/C14H11ClFNO/c15-12-6-9(4-5-13(12)16)7-14(18)10-2-1-3-11(17)8-10/h1-6,8H,7,17H2. The zero-order valence-corrected chi connectivity index (χ0v) is 10.2. The molecule has 92 valence electrons. The number of hydrogen-bond acceptors (Lipinski definition) is 2. The van der Waals surface area contributed by atoms with Crippen LogP contribution >= 0.6 is 11.6 Å². The second-order valence-electron chi connectivity index (χ2n) is 3.97. The van der Waals surface area contributed by atoms with Gasteiger partial charge in [0.15, 0.2) is 5.78 Å². The van der Waals surface area contributed by atoms with Gasteiger partial charge in [-0.2, -0.15) is 0 Å². The maximum Gasteiger partial charge on any atom is 0.167 e. The van der Waals surface area contributed by atoms with Crippen LogP contribution in [-0.4, -0.2) is 5.78 Å². The number of carbonyl (C=O) groups excluding carboxylic acids is 1.